The third kappa shape index (κ3) is 5.89. The molecule has 1 fully saturated rings. The van der Waals surface area contributed by atoms with Crippen molar-refractivity contribution < 1.29 is 14.4 Å². The molecule has 1 aromatic rings. The highest BCUT2D eigenvalue weighted by Gasteiger charge is 2.23. The maximum atomic E-state index is 11.9. The van der Waals surface area contributed by atoms with Gasteiger partial charge in [0, 0.05) is 18.8 Å². The molecule has 0 bridgehead atoms. The van der Waals surface area contributed by atoms with E-state index in [1.165, 1.54) is 12.1 Å². The first-order valence-electron chi connectivity index (χ1n) is 8.52. The average Bonchev–Trinajstić information content (AvgIpc) is 2.58. The van der Waals surface area contributed by atoms with Gasteiger partial charge in [-0.1, -0.05) is 11.6 Å². The molecule has 0 spiro atoms. The Morgan fingerprint density at radius 1 is 1.27 bits per heavy atom. The Bertz CT molecular complexity index is 682. The number of nitrogens with two attached hydrogens (primary N) is 2. The number of hydrogen-bond acceptors (Lipinski definition) is 4. The van der Waals surface area contributed by atoms with E-state index in [1.807, 2.05) is 0 Å². The summed E-state index contributed by atoms with van der Waals surface area (Å²) in [5.41, 5.74) is 11.2. The van der Waals surface area contributed by atoms with Gasteiger partial charge in [0.15, 0.2) is 0 Å². The fourth-order valence-corrected chi connectivity index (χ4v) is 3.24. The number of carbonyl (C=O) groups excluding carboxylic acids is 3. The van der Waals surface area contributed by atoms with E-state index >= 15 is 0 Å². The van der Waals surface area contributed by atoms with Gasteiger partial charge in [-0.05, 0) is 50.6 Å². The molecule has 4 amide bonds. The lowest BCUT2D eigenvalue weighted by atomic mass is 9.97. The summed E-state index contributed by atoms with van der Waals surface area (Å²) in [7, 11) is 0. The minimum atomic E-state index is -0.623. The van der Waals surface area contributed by atoms with Crippen molar-refractivity contribution in [3.05, 3.63) is 28.8 Å². The Kier molecular flexibility index (Phi) is 7.23. The van der Waals surface area contributed by atoms with Crippen molar-refractivity contribution >= 4 is 35.1 Å². The normalized spacial score (nSPS) is 17.5. The van der Waals surface area contributed by atoms with Gasteiger partial charge in [-0.3, -0.25) is 9.59 Å². The van der Waals surface area contributed by atoms with Crippen molar-refractivity contribution in [2.45, 2.75) is 19.3 Å². The summed E-state index contributed by atoms with van der Waals surface area (Å²) in [6, 6.07) is 4.13. The molecule has 1 atom stereocenters. The summed E-state index contributed by atoms with van der Waals surface area (Å²) in [5, 5.41) is 5.59. The van der Waals surface area contributed by atoms with Crippen LogP contribution in [0, 0.1) is 5.92 Å². The van der Waals surface area contributed by atoms with E-state index in [-0.39, 0.29) is 28.4 Å². The minimum Gasteiger partial charge on any atom is -0.369 e. The lowest BCUT2D eigenvalue weighted by Gasteiger charge is -2.31. The maximum absolute atomic E-state index is 11.9. The van der Waals surface area contributed by atoms with Gasteiger partial charge in [-0.15, -0.1) is 0 Å². The van der Waals surface area contributed by atoms with Gasteiger partial charge in [-0.2, -0.15) is 0 Å². The highest BCUT2D eigenvalue weighted by atomic mass is 35.5. The van der Waals surface area contributed by atoms with Crippen LogP contribution >= 0.6 is 11.6 Å². The zero-order chi connectivity index (χ0) is 19.1. The molecule has 0 aliphatic carbocycles. The summed E-state index contributed by atoms with van der Waals surface area (Å²) >= 11 is 5.94. The summed E-state index contributed by atoms with van der Waals surface area (Å²) in [4.78, 5) is 36.5. The Labute approximate surface area is 157 Å². The molecule has 1 unspecified atom stereocenters. The van der Waals surface area contributed by atoms with Gasteiger partial charge in [0.25, 0.3) is 0 Å². The second kappa shape index (κ2) is 9.40. The first-order chi connectivity index (χ1) is 12.4. The van der Waals surface area contributed by atoms with Crippen molar-refractivity contribution in [3.8, 4) is 0 Å². The lowest BCUT2D eigenvalue weighted by molar-refractivity contribution is -0.123. The van der Waals surface area contributed by atoms with E-state index in [4.69, 9.17) is 23.1 Å². The second-order valence-electron chi connectivity index (χ2n) is 6.34. The Hall–Kier alpha value is -2.32. The van der Waals surface area contributed by atoms with Crippen LogP contribution < -0.4 is 22.1 Å². The molecule has 8 nitrogen and oxygen atoms in total. The summed E-state index contributed by atoms with van der Waals surface area (Å²) in [6.45, 7) is 2.92. The second-order valence-corrected chi connectivity index (χ2v) is 6.74. The number of halogens is 1. The van der Waals surface area contributed by atoms with E-state index in [9.17, 15) is 14.4 Å². The monoisotopic (exact) mass is 381 g/mol. The smallest absolute Gasteiger partial charge is 0.319 e. The number of nitrogens with one attached hydrogen (secondary N) is 2. The van der Waals surface area contributed by atoms with E-state index in [0.29, 0.717) is 18.8 Å². The summed E-state index contributed by atoms with van der Waals surface area (Å²) < 4.78 is 0. The number of amides is 4. The van der Waals surface area contributed by atoms with Gasteiger partial charge >= 0.3 is 6.03 Å². The zero-order valence-electron chi connectivity index (χ0n) is 14.5. The van der Waals surface area contributed by atoms with E-state index in [0.717, 1.165) is 32.4 Å². The van der Waals surface area contributed by atoms with Gasteiger partial charge in [0.1, 0.15) is 0 Å². The number of nitrogens with zero attached hydrogens (tertiary/aromatic N) is 1. The van der Waals surface area contributed by atoms with Crippen LogP contribution in [-0.4, -0.2) is 48.9 Å². The number of urea groups is 1. The molecule has 142 valence electrons. The van der Waals surface area contributed by atoms with Gasteiger partial charge in [0.2, 0.25) is 11.8 Å². The number of benzene rings is 1. The number of carbonyl (C=O) groups is 3. The van der Waals surface area contributed by atoms with Crippen LogP contribution in [0.4, 0.5) is 10.5 Å². The van der Waals surface area contributed by atoms with Crippen LogP contribution in [0.1, 0.15) is 29.6 Å². The molecule has 6 N–H and O–H groups in total. The molecule has 1 aliphatic heterocycles. The third-order valence-electron chi connectivity index (χ3n) is 4.34. The molecule has 1 heterocycles. The van der Waals surface area contributed by atoms with Gasteiger partial charge < -0.3 is 27.0 Å². The molecule has 9 heteroatoms. The summed E-state index contributed by atoms with van der Waals surface area (Å²) in [5.74, 6) is -0.941. The molecule has 26 heavy (non-hydrogen) atoms. The van der Waals surface area contributed by atoms with Crippen molar-refractivity contribution in [2.24, 2.45) is 17.4 Å². The Morgan fingerprint density at radius 3 is 2.69 bits per heavy atom. The van der Waals surface area contributed by atoms with Crippen molar-refractivity contribution in [1.29, 1.82) is 0 Å². The van der Waals surface area contributed by atoms with Crippen LogP contribution in [0.25, 0.3) is 0 Å². The molecule has 1 aliphatic rings. The molecule has 0 saturated carbocycles. The van der Waals surface area contributed by atoms with Crippen molar-refractivity contribution in [2.75, 3.05) is 31.5 Å². The molecule has 1 saturated heterocycles. The van der Waals surface area contributed by atoms with Crippen molar-refractivity contribution in [1.82, 2.24) is 10.2 Å². The fraction of sp³-hybridized carbons (Fsp3) is 0.471. The summed E-state index contributed by atoms with van der Waals surface area (Å²) in [6.07, 6.45) is 2.58. The molecular formula is C17H24ClN5O3. The van der Waals surface area contributed by atoms with Crippen LogP contribution in [0.3, 0.4) is 0 Å². The lowest BCUT2D eigenvalue weighted by Crippen LogP contribution is -2.42. The minimum absolute atomic E-state index is 0.0758. The van der Waals surface area contributed by atoms with E-state index in [2.05, 4.69) is 15.5 Å². The van der Waals surface area contributed by atoms with Crippen LogP contribution in [0.5, 0.6) is 0 Å². The topological polar surface area (TPSA) is 131 Å². The SMILES string of the molecule is NC(=O)c1ccc(NC(=O)NCCCN2CCCC(C(N)=O)C2)cc1Cl. The third-order valence-corrected chi connectivity index (χ3v) is 4.65. The highest BCUT2D eigenvalue weighted by molar-refractivity contribution is 6.34. The standard InChI is InChI=1S/C17H24ClN5O3/c18-14-9-12(4-5-13(14)16(20)25)22-17(26)21-6-2-8-23-7-1-3-11(10-23)15(19)24/h4-5,9,11H,1-3,6-8,10H2,(H2,19,24)(H2,20,25)(H2,21,22,26). The van der Waals surface area contributed by atoms with Gasteiger partial charge in [-0.25, -0.2) is 4.79 Å². The number of rotatable bonds is 7. The quantitative estimate of drug-likeness (QED) is 0.527. The fourth-order valence-electron chi connectivity index (χ4n) is 2.96. The average molecular weight is 382 g/mol. The largest absolute Gasteiger partial charge is 0.369 e. The molecule has 1 aromatic carbocycles. The molecule has 0 aromatic heterocycles. The van der Waals surface area contributed by atoms with Crippen LogP contribution in [0.15, 0.2) is 18.2 Å². The predicted molar refractivity (Wildman–Crippen MR) is 100.0 cm³/mol. The Morgan fingerprint density at radius 2 is 2.04 bits per heavy atom. The number of likely N-dealkylation sites (tertiary alicyclic amines) is 1. The maximum Gasteiger partial charge on any atom is 0.319 e. The van der Waals surface area contributed by atoms with Crippen LogP contribution in [0.2, 0.25) is 5.02 Å². The Balaban J connectivity index is 1.70. The van der Waals surface area contributed by atoms with Gasteiger partial charge in [0.05, 0.1) is 16.5 Å². The zero-order valence-corrected chi connectivity index (χ0v) is 15.2. The predicted octanol–water partition coefficient (Wildman–Crippen LogP) is 1.15. The number of primary amides is 2. The first kappa shape index (κ1) is 20.0. The first-order valence-corrected chi connectivity index (χ1v) is 8.90. The van der Waals surface area contributed by atoms with E-state index < -0.39 is 5.91 Å². The molecule has 0 radical (unpaired) electrons. The number of anilines is 1. The highest BCUT2D eigenvalue weighted by Crippen LogP contribution is 2.20. The van der Waals surface area contributed by atoms with Crippen LogP contribution in [-0.2, 0) is 4.79 Å². The number of hydrogen-bond donors (Lipinski definition) is 4. The molecular weight excluding hydrogens is 358 g/mol. The molecule has 2 rings (SSSR count). The number of piperidine rings is 1. The van der Waals surface area contributed by atoms with Crippen molar-refractivity contribution in [3.63, 3.8) is 0 Å². The van der Waals surface area contributed by atoms with E-state index in [1.54, 1.807) is 6.07 Å².